The summed E-state index contributed by atoms with van der Waals surface area (Å²) in [6.07, 6.45) is 1.45. The van der Waals surface area contributed by atoms with Crippen molar-refractivity contribution >= 4 is 11.6 Å². The molecule has 0 aliphatic rings. The molecular formula is C12H10F2N4O3. The first-order valence-corrected chi connectivity index (χ1v) is 5.81. The van der Waals surface area contributed by atoms with Crippen molar-refractivity contribution in [1.82, 2.24) is 15.5 Å². The second kappa shape index (κ2) is 5.65. The molecule has 0 aliphatic carbocycles. The number of H-pyrrole nitrogens is 1. The maximum absolute atomic E-state index is 13.8. The van der Waals surface area contributed by atoms with Crippen molar-refractivity contribution in [2.24, 2.45) is 0 Å². The number of nitro benzene ring substituents is 1. The van der Waals surface area contributed by atoms with Crippen molar-refractivity contribution in [1.29, 1.82) is 0 Å². The largest absolute Gasteiger partial charge is 0.348 e. The maximum Gasteiger partial charge on any atom is 0.305 e. The minimum Gasteiger partial charge on any atom is -0.348 e. The summed E-state index contributed by atoms with van der Waals surface area (Å²) in [5.41, 5.74) is -0.615. The van der Waals surface area contributed by atoms with Gasteiger partial charge in [0.1, 0.15) is 11.4 Å². The molecule has 0 atom stereocenters. The van der Waals surface area contributed by atoms with Gasteiger partial charge in [0.15, 0.2) is 0 Å². The Morgan fingerprint density at radius 3 is 2.76 bits per heavy atom. The zero-order chi connectivity index (χ0) is 15.6. The molecule has 0 unspecified atom stereocenters. The second-order valence-corrected chi connectivity index (χ2v) is 4.22. The summed E-state index contributed by atoms with van der Waals surface area (Å²) in [5.74, 6) is -3.74. The Morgan fingerprint density at radius 2 is 2.19 bits per heavy atom. The molecule has 2 aromatic rings. The summed E-state index contributed by atoms with van der Waals surface area (Å²) in [7, 11) is 0. The summed E-state index contributed by atoms with van der Waals surface area (Å²) in [6, 6.07) is 1.35. The van der Waals surface area contributed by atoms with Crippen LogP contribution in [0.5, 0.6) is 0 Å². The second-order valence-electron chi connectivity index (χ2n) is 4.22. The topological polar surface area (TPSA) is 101 Å². The van der Waals surface area contributed by atoms with E-state index >= 15 is 0 Å². The summed E-state index contributed by atoms with van der Waals surface area (Å²) >= 11 is 0. The molecule has 0 saturated carbocycles. The number of nitrogens with one attached hydrogen (secondary N) is 2. The van der Waals surface area contributed by atoms with Gasteiger partial charge >= 0.3 is 5.69 Å². The molecule has 0 fully saturated rings. The molecule has 9 heteroatoms. The summed E-state index contributed by atoms with van der Waals surface area (Å²) in [6.45, 7) is 1.70. The number of hydrogen-bond donors (Lipinski definition) is 2. The van der Waals surface area contributed by atoms with E-state index in [9.17, 15) is 23.7 Å². The van der Waals surface area contributed by atoms with Crippen LogP contribution in [0.1, 0.15) is 21.6 Å². The zero-order valence-electron chi connectivity index (χ0n) is 10.8. The lowest BCUT2D eigenvalue weighted by Gasteiger charge is -2.07. The number of rotatable bonds is 4. The van der Waals surface area contributed by atoms with E-state index < -0.39 is 33.7 Å². The summed E-state index contributed by atoms with van der Waals surface area (Å²) in [5, 5.41) is 19.3. The third-order valence-electron chi connectivity index (χ3n) is 2.87. The van der Waals surface area contributed by atoms with Gasteiger partial charge in [-0.05, 0) is 13.0 Å². The Labute approximate surface area is 117 Å². The predicted molar refractivity (Wildman–Crippen MR) is 67.5 cm³/mol. The SMILES string of the molecule is Cc1[nH]ncc1CNC(=O)c1c(F)ccc([N+](=O)[O-])c1F. The fourth-order valence-electron chi connectivity index (χ4n) is 1.71. The van der Waals surface area contributed by atoms with E-state index in [1.165, 1.54) is 6.20 Å². The van der Waals surface area contributed by atoms with Crippen LogP contribution in [-0.2, 0) is 6.54 Å². The molecule has 1 heterocycles. The van der Waals surface area contributed by atoms with Crippen molar-refractivity contribution in [2.45, 2.75) is 13.5 Å². The van der Waals surface area contributed by atoms with Crippen LogP contribution in [0.25, 0.3) is 0 Å². The number of nitro groups is 1. The summed E-state index contributed by atoms with van der Waals surface area (Å²) in [4.78, 5) is 21.4. The van der Waals surface area contributed by atoms with E-state index in [0.29, 0.717) is 23.4 Å². The average molecular weight is 296 g/mol. The highest BCUT2D eigenvalue weighted by molar-refractivity contribution is 5.95. The van der Waals surface area contributed by atoms with Crippen molar-refractivity contribution in [3.8, 4) is 0 Å². The lowest BCUT2D eigenvalue weighted by atomic mass is 10.1. The molecule has 0 spiro atoms. The van der Waals surface area contributed by atoms with E-state index in [2.05, 4.69) is 15.5 Å². The molecule has 2 rings (SSSR count). The number of aryl methyl sites for hydroxylation is 1. The first-order valence-electron chi connectivity index (χ1n) is 5.81. The van der Waals surface area contributed by atoms with E-state index in [-0.39, 0.29) is 6.54 Å². The van der Waals surface area contributed by atoms with Gasteiger partial charge in [0, 0.05) is 23.9 Å². The monoisotopic (exact) mass is 296 g/mol. The van der Waals surface area contributed by atoms with Gasteiger partial charge in [0.25, 0.3) is 5.91 Å². The molecule has 1 aromatic heterocycles. The van der Waals surface area contributed by atoms with Gasteiger partial charge in [-0.25, -0.2) is 4.39 Å². The van der Waals surface area contributed by atoms with E-state index in [1.807, 2.05) is 0 Å². The van der Waals surface area contributed by atoms with Crippen molar-refractivity contribution in [2.75, 3.05) is 0 Å². The van der Waals surface area contributed by atoms with Crippen LogP contribution >= 0.6 is 0 Å². The van der Waals surface area contributed by atoms with Gasteiger partial charge in [-0.2, -0.15) is 9.49 Å². The Balaban J connectivity index is 2.25. The molecule has 7 nitrogen and oxygen atoms in total. The van der Waals surface area contributed by atoms with Crippen LogP contribution in [0, 0.1) is 28.7 Å². The Kier molecular flexibility index (Phi) is 3.92. The molecule has 1 amide bonds. The normalized spacial score (nSPS) is 10.4. The number of aromatic amines is 1. The van der Waals surface area contributed by atoms with Crippen LogP contribution < -0.4 is 5.32 Å². The molecule has 2 N–H and O–H groups in total. The van der Waals surface area contributed by atoms with Gasteiger partial charge in [0.05, 0.1) is 11.1 Å². The third-order valence-corrected chi connectivity index (χ3v) is 2.87. The number of benzene rings is 1. The zero-order valence-corrected chi connectivity index (χ0v) is 10.8. The van der Waals surface area contributed by atoms with Gasteiger partial charge in [-0.15, -0.1) is 0 Å². The number of nitrogens with zero attached hydrogens (tertiary/aromatic N) is 2. The molecule has 0 aliphatic heterocycles. The number of amides is 1. The first-order chi connectivity index (χ1) is 9.91. The quantitative estimate of drug-likeness (QED) is 0.664. The van der Waals surface area contributed by atoms with E-state index in [0.717, 1.165) is 0 Å². The number of carbonyl (C=O) groups is 1. The highest BCUT2D eigenvalue weighted by Gasteiger charge is 2.26. The predicted octanol–water partition coefficient (Wildman–Crippen LogP) is 1.83. The lowest BCUT2D eigenvalue weighted by molar-refractivity contribution is -0.387. The lowest BCUT2D eigenvalue weighted by Crippen LogP contribution is -2.25. The van der Waals surface area contributed by atoms with Gasteiger partial charge in [-0.1, -0.05) is 0 Å². The van der Waals surface area contributed by atoms with Crippen molar-refractivity contribution in [3.05, 3.63) is 56.9 Å². The Hall–Kier alpha value is -2.84. The number of carbonyl (C=O) groups excluding carboxylic acids is 1. The van der Waals surface area contributed by atoms with Crippen LogP contribution in [0.2, 0.25) is 0 Å². The van der Waals surface area contributed by atoms with Crippen molar-refractivity contribution < 1.29 is 18.5 Å². The maximum atomic E-state index is 13.8. The minimum absolute atomic E-state index is 0.0112. The average Bonchev–Trinajstić information content (AvgIpc) is 2.81. The van der Waals surface area contributed by atoms with Crippen LogP contribution in [-0.4, -0.2) is 21.0 Å². The first kappa shape index (κ1) is 14.6. The number of hydrogen-bond acceptors (Lipinski definition) is 4. The molecular weight excluding hydrogens is 286 g/mol. The highest BCUT2D eigenvalue weighted by atomic mass is 19.1. The summed E-state index contributed by atoms with van der Waals surface area (Å²) < 4.78 is 27.4. The minimum atomic E-state index is -1.50. The van der Waals surface area contributed by atoms with Gasteiger partial charge in [-0.3, -0.25) is 20.0 Å². The Bertz CT molecular complexity index is 715. The Morgan fingerprint density at radius 1 is 1.48 bits per heavy atom. The van der Waals surface area contributed by atoms with Gasteiger partial charge < -0.3 is 5.32 Å². The highest BCUT2D eigenvalue weighted by Crippen LogP contribution is 2.23. The standard InChI is InChI=1S/C12H10F2N4O3/c1-6-7(5-16-17-6)4-15-12(19)10-8(13)2-3-9(11(10)14)18(20)21/h2-3,5H,4H2,1H3,(H,15,19)(H,16,17). The van der Waals surface area contributed by atoms with Gasteiger partial charge in [0.2, 0.25) is 5.82 Å². The van der Waals surface area contributed by atoms with E-state index in [1.54, 1.807) is 6.92 Å². The molecule has 0 radical (unpaired) electrons. The molecule has 110 valence electrons. The smallest absolute Gasteiger partial charge is 0.305 e. The van der Waals surface area contributed by atoms with Crippen LogP contribution in [0.15, 0.2) is 18.3 Å². The number of aromatic nitrogens is 2. The molecule has 1 aromatic carbocycles. The fraction of sp³-hybridized carbons (Fsp3) is 0.167. The molecule has 21 heavy (non-hydrogen) atoms. The fourth-order valence-corrected chi connectivity index (χ4v) is 1.71. The van der Waals surface area contributed by atoms with Crippen LogP contribution in [0.3, 0.4) is 0 Å². The number of halogens is 2. The molecule has 0 saturated heterocycles. The third kappa shape index (κ3) is 2.86. The van der Waals surface area contributed by atoms with Crippen molar-refractivity contribution in [3.63, 3.8) is 0 Å². The molecule has 0 bridgehead atoms. The van der Waals surface area contributed by atoms with E-state index in [4.69, 9.17) is 0 Å². The van der Waals surface area contributed by atoms with Crippen LogP contribution in [0.4, 0.5) is 14.5 Å².